The van der Waals surface area contributed by atoms with Crippen LogP contribution < -0.4 is 16.5 Å². The Hall–Kier alpha value is -2.00. The first-order chi connectivity index (χ1) is 8.15. The number of hydrogen-bond donors (Lipinski definition) is 3. The van der Waals surface area contributed by atoms with Crippen LogP contribution in [0, 0.1) is 11.3 Å². The van der Waals surface area contributed by atoms with Gasteiger partial charge in [-0.05, 0) is 6.42 Å². The van der Waals surface area contributed by atoms with Crippen molar-refractivity contribution < 1.29 is 5.11 Å². The first-order valence-electron chi connectivity index (χ1n) is 5.34. The van der Waals surface area contributed by atoms with Crippen molar-refractivity contribution >= 4 is 11.5 Å². The van der Waals surface area contributed by atoms with Gasteiger partial charge in [0, 0.05) is 33.3 Å². The maximum absolute atomic E-state index is 9.15. The molecule has 0 aliphatic rings. The highest BCUT2D eigenvalue weighted by molar-refractivity contribution is 5.60. The molecule has 17 heavy (non-hydrogen) atoms. The van der Waals surface area contributed by atoms with Gasteiger partial charge in [-0.25, -0.2) is 0 Å². The zero-order chi connectivity index (χ0) is 12.8. The monoisotopic (exact) mass is 235 g/mol. The fourth-order valence-corrected chi connectivity index (χ4v) is 1.48. The van der Waals surface area contributed by atoms with Crippen LogP contribution in [0.25, 0.3) is 0 Å². The number of nitrogens with two attached hydrogens (primary N) is 1. The molecule has 0 unspecified atom stereocenters. The number of rotatable bonds is 4. The predicted octanol–water partition coefficient (Wildman–Crippen LogP) is -0.196. The average Bonchev–Trinajstić information content (AvgIpc) is 2.34. The number of nitrogens with one attached hydrogen (secondary N) is 1. The summed E-state index contributed by atoms with van der Waals surface area (Å²) in [6, 6.07) is 3.81. The largest absolute Gasteiger partial charge is 0.396 e. The van der Waals surface area contributed by atoms with E-state index >= 15 is 0 Å². The van der Waals surface area contributed by atoms with Crippen molar-refractivity contribution in [3.05, 3.63) is 17.1 Å². The zero-order valence-electron chi connectivity index (χ0n) is 10.1. The third kappa shape index (κ3) is 2.77. The first kappa shape index (κ1) is 13.1. The van der Waals surface area contributed by atoms with E-state index in [1.807, 2.05) is 0 Å². The van der Waals surface area contributed by atoms with Crippen LogP contribution in [0.15, 0.2) is 11.1 Å². The fourth-order valence-electron chi connectivity index (χ4n) is 1.48. The van der Waals surface area contributed by atoms with E-state index in [1.165, 1.54) is 0 Å². The molecule has 1 heterocycles. The lowest BCUT2D eigenvalue weighted by molar-refractivity contribution is 0.290. The Bertz CT molecular complexity index is 498. The molecule has 6 heteroatoms. The molecular weight excluding hydrogens is 218 g/mol. The Morgan fingerprint density at radius 2 is 2.35 bits per heavy atom. The van der Waals surface area contributed by atoms with Gasteiger partial charge in [-0.3, -0.25) is 4.99 Å². The Morgan fingerprint density at radius 1 is 1.65 bits per heavy atom. The summed E-state index contributed by atoms with van der Waals surface area (Å²) in [5.41, 5.74) is 7.48. The minimum absolute atomic E-state index is 0.0797. The SMILES string of the molecule is CNc1cc(N)n(C)c(=NCCCO)c1C#N. The molecule has 0 aromatic carbocycles. The maximum atomic E-state index is 9.15. The van der Waals surface area contributed by atoms with Crippen molar-refractivity contribution in [2.24, 2.45) is 12.0 Å². The molecule has 0 fully saturated rings. The van der Waals surface area contributed by atoms with Gasteiger partial charge in [-0.15, -0.1) is 0 Å². The summed E-state index contributed by atoms with van der Waals surface area (Å²) in [4.78, 5) is 4.30. The van der Waals surface area contributed by atoms with Crippen LogP contribution in [0.5, 0.6) is 0 Å². The summed E-state index contributed by atoms with van der Waals surface area (Å²) < 4.78 is 1.66. The number of anilines is 2. The first-order valence-corrected chi connectivity index (χ1v) is 5.34. The summed E-state index contributed by atoms with van der Waals surface area (Å²) >= 11 is 0. The quantitative estimate of drug-likeness (QED) is 0.629. The number of hydrogen-bond acceptors (Lipinski definition) is 5. The normalized spacial score (nSPS) is 11.3. The Balaban J connectivity index is 3.39. The van der Waals surface area contributed by atoms with Gasteiger partial charge in [-0.2, -0.15) is 5.26 Å². The van der Waals surface area contributed by atoms with Gasteiger partial charge in [0.15, 0.2) is 0 Å². The van der Waals surface area contributed by atoms with E-state index in [9.17, 15) is 0 Å². The van der Waals surface area contributed by atoms with Gasteiger partial charge < -0.3 is 20.7 Å². The molecule has 0 radical (unpaired) electrons. The standard InChI is InChI=1S/C11H17N5O/c1-14-9-6-10(13)16(2)11(8(9)7-12)15-4-3-5-17/h6,14,17H,3-5,13H2,1-2H3. The van der Waals surface area contributed by atoms with Crippen molar-refractivity contribution in [2.45, 2.75) is 6.42 Å². The predicted molar refractivity (Wildman–Crippen MR) is 66.2 cm³/mol. The lowest BCUT2D eigenvalue weighted by Gasteiger charge is -2.11. The number of aliphatic hydroxyl groups excluding tert-OH is 1. The summed E-state index contributed by atoms with van der Waals surface area (Å²) in [6.45, 7) is 0.544. The second kappa shape index (κ2) is 5.92. The number of nitrogen functional groups attached to an aromatic ring is 1. The third-order valence-corrected chi connectivity index (χ3v) is 2.45. The van der Waals surface area contributed by atoms with Crippen LogP contribution in [0.1, 0.15) is 12.0 Å². The zero-order valence-corrected chi connectivity index (χ0v) is 10.1. The topological polar surface area (TPSA) is 99.4 Å². The fraction of sp³-hybridized carbons (Fsp3) is 0.455. The highest BCUT2D eigenvalue weighted by Gasteiger charge is 2.08. The molecule has 0 saturated heterocycles. The van der Waals surface area contributed by atoms with Gasteiger partial charge in [0.2, 0.25) is 0 Å². The Morgan fingerprint density at radius 3 is 2.88 bits per heavy atom. The van der Waals surface area contributed by atoms with Gasteiger partial charge >= 0.3 is 0 Å². The molecule has 0 amide bonds. The van der Waals surface area contributed by atoms with E-state index in [-0.39, 0.29) is 6.61 Å². The number of nitriles is 1. The van der Waals surface area contributed by atoms with E-state index in [0.29, 0.717) is 35.5 Å². The van der Waals surface area contributed by atoms with Crippen molar-refractivity contribution in [3.8, 4) is 6.07 Å². The summed E-state index contributed by atoms with van der Waals surface area (Å²) in [5.74, 6) is 0.524. The molecule has 1 aromatic heterocycles. The maximum Gasteiger partial charge on any atom is 0.149 e. The molecular formula is C11H17N5O. The minimum Gasteiger partial charge on any atom is -0.396 e. The smallest absolute Gasteiger partial charge is 0.149 e. The summed E-state index contributed by atoms with van der Waals surface area (Å²) in [7, 11) is 3.49. The number of nitrogens with zero attached hydrogens (tertiary/aromatic N) is 3. The highest BCUT2D eigenvalue weighted by atomic mass is 16.3. The molecule has 0 aliphatic carbocycles. The molecule has 0 aliphatic heterocycles. The Labute approximate surface area is 100 Å². The van der Waals surface area contributed by atoms with Crippen LogP contribution in [-0.4, -0.2) is 29.9 Å². The molecule has 1 aromatic rings. The minimum atomic E-state index is 0.0797. The highest BCUT2D eigenvalue weighted by Crippen LogP contribution is 2.13. The van der Waals surface area contributed by atoms with Gasteiger partial charge in [-0.1, -0.05) is 0 Å². The molecule has 0 bridgehead atoms. The molecule has 92 valence electrons. The van der Waals surface area contributed by atoms with Gasteiger partial charge in [0.05, 0.1) is 5.69 Å². The second-order valence-corrected chi connectivity index (χ2v) is 3.56. The molecule has 4 N–H and O–H groups in total. The second-order valence-electron chi connectivity index (χ2n) is 3.56. The average molecular weight is 235 g/mol. The van der Waals surface area contributed by atoms with Crippen LogP contribution in [0.3, 0.4) is 0 Å². The van der Waals surface area contributed by atoms with Crippen LogP contribution in [0.2, 0.25) is 0 Å². The summed E-state index contributed by atoms with van der Waals surface area (Å²) in [6.07, 6.45) is 0.564. The van der Waals surface area contributed by atoms with E-state index in [0.717, 1.165) is 0 Å². The van der Waals surface area contributed by atoms with E-state index in [4.69, 9.17) is 16.1 Å². The van der Waals surface area contributed by atoms with Gasteiger partial charge in [0.1, 0.15) is 22.9 Å². The molecule has 0 saturated carbocycles. The third-order valence-electron chi connectivity index (χ3n) is 2.45. The van der Waals surface area contributed by atoms with Gasteiger partial charge in [0.25, 0.3) is 0 Å². The number of aromatic nitrogens is 1. The lowest BCUT2D eigenvalue weighted by Crippen LogP contribution is -2.25. The molecule has 6 nitrogen and oxygen atoms in total. The van der Waals surface area contributed by atoms with E-state index in [1.54, 1.807) is 24.7 Å². The van der Waals surface area contributed by atoms with Crippen molar-refractivity contribution in [3.63, 3.8) is 0 Å². The molecule has 0 atom stereocenters. The van der Waals surface area contributed by atoms with Crippen molar-refractivity contribution in [2.75, 3.05) is 31.2 Å². The van der Waals surface area contributed by atoms with Crippen molar-refractivity contribution in [1.82, 2.24) is 4.57 Å². The van der Waals surface area contributed by atoms with E-state index in [2.05, 4.69) is 16.4 Å². The lowest BCUT2D eigenvalue weighted by atomic mass is 10.2. The summed E-state index contributed by atoms with van der Waals surface area (Å²) in [5, 5.41) is 20.8. The molecule has 0 spiro atoms. The molecule has 1 rings (SSSR count). The van der Waals surface area contributed by atoms with E-state index < -0.39 is 0 Å². The number of aliphatic hydroxyl groups is 1. The van der Waals surface area contributed by atoms with Crippen LogP contribution in [-0.2, 0) is 7.05 Å². The van der Waals surface area contributed by atoms with Crippen molar-refractivity contribution in [1.29, 1.82) is 5.26 Å². The van der Waals surface area contributed by atoms with Crippen LogP contribution >= 0.6 is 0 Å². The Kier molecular flexibility index (Phi) is 4.55. The van der Waals surface area contributed by atoms with Crippen LogP contribution in [0.4, 0.5) is 11.5 Å². The number of pyridine rings is 1.